The predicted molar refractivity (Wildman–Crippen MR) is 63.7 cm³/mol. The highest BCUT2D eigenvalue weighted by Crippen LogP contribution is 2.10. The standard InChI is InChI=1S/C13H17NO/c1-3-8-11(4-2)13(15)14-12-9-6-5-7-10-12/h4-7,9-10H,3,8H2,1-2H3,(H,14,15). The molecular weight excluding hydrogens is 186 g/mol. The Labute approximate surface area is 91.0 Å². The van der Waals surface area contributed by atoms with E-state index in [4.69, 9.17) is 0 Å². The van der Waals surface area contributed by atoms with Gasteiger partial charge in [-0.25, -0.2) is 0 Å². The van der Waals surface area contributed by atoms with Crippen LogP contribution in [0.2, 0.25) is 0 Å². The normalized spacial score (nSPS) is 11.2. The molecule has 0 spiro atoms. The van der Waals surface area contributed by atoms with E-state index in [0.29, 0.717) is 0 Å². The van der Waals surface area contributed by atoms with Gasteiger partial charge in [0, 0.05) is 11.3 Å². The van der Waals surface area contributed by atoms with E-state index in [1.165, 1.54) is 0 Å². The molecule has 0 atom stereocenters. The van der Waals surface area contributed by atoms with Gasteiger partial charge in [-0.3, -0.25) is 4.79 Å². The van der Waals surface area contributed by atoms with Crippen LogP contribution in [0.15, 0.2) is 42.0 Å². The number of amides is 1. The Hall–Kier alpha value is -1.57. The van der Waals surface area contributed by atoms with Crippen molar-refractivity contribution in [3.05, 3.63) is 42.0 Å². The summed E-state index contributed by atoms with van der Waals surface area (Å²) in [6.45, 7) is 3.97. The molecule has 0 aliphatic rings. The average molecular weight is 203 g/mol. The van der Waals surface area contributed by atoms with Gasteiger partial charge in [-0.1, -0.05) is 37.6 Å². The maximum absolute atomic E-state index is 11.8. The fraction of sp³-hybridized carbons (Fsp3) is 0.308. The molecule has 0 radical (unpaired) electrons. The first-order valence-corrected chi connectivity index (χ1v) is 5.29. The van der Waals surface area contributed by atoms with E-state index in [2.05, 4.69) is 12.2 Å². The Morgan fingerprint density at radius 3 is 2.53 bits per heavy atom. The van der Waals surface area contributed by atoms with Crippen LogP contribution in [0.3, 0.4) is 0 Å². The molecule has 0 fully saturated rings. The molecule has 1 rings (SSSR count). The van der Waals surface area contributed by atoms with Crippen molar-refractivity contribution in [1.29, 1.82) is 0 Å². The number of para-hydroxylation sites is 1. The summed E-state index contributed by atoms with van der Waals surface area (Å²) in [6.07, 6.45) is 3.69. The van der Waals surface area contributed by atoms with Crippen molar-refractivity contribution in [2.75, 3.05) is 5.32 Å². The van der Waals surface area contributed by atoms with Crippen LogP contribution in [-0.4, -0.2) is 5.91 Å². The number of hydrogen-bond acceptors (Lipinski definition) is 1. The van der Waals surface area contributed by atoms with Crippen LogP contribution in [0, 0.1) is 0 Å². The highest BCUT2D eigenvalue weighted by atomic mass is 16.1. The lowest BCUT2D eigenvalue weighted by Crippen LogP contribution is -2.14. The first-order valence-electron chi connectivity index (χ1n) is 5.29. The summed E-state index contributed by atoms with van der Waals surface area (Å²) in [6, 6.07) is 9.52. The number of carbonyl (C=O) groups excluding carboxylic acids is 1. The van der Waals surface area contributed by atoms with Gasteiger partial charge in [0.25, 0.3) is 5.91 Å². The van der Waals surface area contributed by atoms with Gasteiger partial charge in [0.1, 0.15) is 0 Å². The summed E-state index contributed by atoms with van der Waals surface area (Å²) in [5, 5.41) is 2.87. The van der Waals surface area contributed by atoms with Gasteiger partial charge < -0.3 is 5.32 Å². The monoisotopic (exact) mass is 203 g/mol. The Balaban J connectivity index is 2.63. The average Bonchev–Trinajstić information content (AvgIpc) is 2.27. The topological polar surface area (TPSA) is 29.1 Å². The highest BCUT2D eigenvalue weighted by Gasteiger charge is 2.06. The smallest absolute Gasteiger partial charge is 0.251 e. The maximum atomic E-state index is 11.8. The molecule has 0 aliphatic heterocycles. The molecule has 80 valence electrons. The van der Waals surface area contributed by atoms with Crippen molar-refractivity contribution in [1.82, 2.24) is 0 Å². The zero-order valence-electron chi connectivity index (χ0n) is 9.29. The van der Waals surface area contributed by atoms with Gasteiger partial charge >= 0.3 is 0 Å². The third-order valence-electron chi connectivity index (χ3n) is 2.19. The second-order valence-corrected chi connectivity index (χ2v) is 3.38. The zero-order valence-corrected chi connectivity index (χ0v) is 9.29. The minimum absolute atomic E-state index is 0.00514. The minimum atomic E-state index is 0.00514. The minimum Gasteiger partial charge on any atom is -0.322 e. The van der Waals surface area contributed by atoms with Crippen LogP contribution in [0.1, 0.15) is 26.7 Å². The van der Waals surface area contributed by atoms with Crippen molar-refractivity contribution in [3.8, 4) is 0 Å². The van der Waals surface area contributed by atoms with E-state index in [9.17, 15) is 4.79 Å². The molecule has 0 saturated carbocycles. The first-order chi connectivity index (χ1) is 7.27. The van der Waals surface area contributed by atoms with E-state index in [1.807, 2.05) is 43.3 Å². The molecule has 0 aliphatic carbocycles. The molecule has 0 aromatic heterocycles. The van der Waals surface area contributed by atoms with E-state index in [-0.39, 0.29) is 5.91 Å². The number of hydrogen-bond donors (Lipinski definition) is 1. The van der Waals surface area contributed by atoms with Crippen molar-refractivity contribution in [2.45, 2.75) is 26.7 Å². The van der Waals surface area contributed by atoms with E-state index < -0.39 is 0 Å². The molecule has 1 aromatic carbocycles. The van der Waals surface area contributed by atoms with Gasteiger partial charge in [0.05, 0.1) is 0 Å². The Bertz CT molecular complexity index is 341. The molecule has 0 saturated heterocycles. The number of anilines is 1. The van der Waals surface area contributed by atoms with E-state index >= 15 is 0 Å². The number of allylic oxidation sites excluding steroid dienone is 1. The first kappa shape index (κ1) is 11.5. The summed E-state index contributed by atoms with van der Waals surface area (Å²) in [5.41, 5.74) is 1.69. The van der Waals surface area contributed by atoms with Crippen LogP contribution in [-0.2, 0) is 4.79 Å². The molecular formula is C13H17NO. The van der Waals surface area contributed by atoms with Crippen LogP contribution in [0.4, 0.5) is 5.69 Å². The molecule has 2 heteroatoms. The van der Waals surface area contributed by atoms with E-state index in [1.54, 1.807) is 0 Å². The number of rotatable bonds is 4. The van der Waals surface area contributed by atoms with E-state index in [0.717, 1.165) is 24.1 Å². The molecule has 1 aromatic rings. The molecule has 1 N–H and O–H groups in total. The van der Waals surface area contributed by atoms with Crippen LogP contribution in [0.25, 0.3) is 0 Å². The van der Waals surface area contributed by atoms with Gasteiger partial charge in [0.2, 0.25) is 0 Å². The van der Waals surface area contributed by atoms with Gasteiger partial charge in [-0.2, -0.15) is 0 Å². The molecule has 0 heterocycles. The summed E-state index contributed by atoms with van der Waals surface area (Å²) < 4.78 is 0. The van der Waals surface area contributed by atoms with Gasteiger partial charge in [-0.15, -0.1) is 0 Å². The Kier molecular flexibility index (Phi) is 4.61. The Morgan fingerprint density at radius 1 is 1.33 bits per heavy atom. The fourth-order valence-corrected chi connectivity index (χ4v) is 1.39. The summed E-state index contributed by atoms with van der Waals surface area (Å²) in [7, 11) is 0. The van der Waals surface area contributed by atoms with Crippen LogP contribution < -0.4 is 5.32 Å². The van der Waals surface area contributed by atoms with Crippen LogP contribution >= 0.6 is 0 Å². The summed E-state index contributed by atoms with van der Waals surface area (Å²) >= 11 is 0. The zero-order chi connectivity index (χ0) is 11.1. The largest absolute Gasteiger partial charge is 0.322 e. The summed E-state index contributed by atoms with van der Waals surface area (Å²) in [5.74, 6) is 0.00514. The second kappa shape index (κ2) is 6.02. The number of carbonyl (C=O) groups is 1. The lowest BCUT2D eigenvalue weighted by molar-refractivity contribution is -0.113. The maximum Gasteiger partial charge on any atom is 0.251 e. The third-order valence-corrected chi connectivity index (χ3v) is 2.19. The molecule has 0 bridgehead atoms. The van der Waals surface area contributed by atoms with Crippen molar-refractivity contribution in [3.63, 3.8) is 0 Å². The van der Waals surface area contributed by atoms with Gasteiger partial charge in [-0.05, 0) is 25.5 Å². The highest BCUT2D eigenvalue weighted by molar-refractivity contribution is 6.03. The lowest BCUT2D eigenvalue weighted by Gasteiger charge is -2.07. The lowest BCUT2D eigenvalue weighted by atomic mass is 10.1. The summed E-state index contributed by atoms with van der Waals surface area (Å²) in [4.78, 5) is 11.8. The third kappa shape index (κ3) is 3.58. The number of nitrogens with one attached hydrogen (secondary N) is 1. The predicted octanol–water partition coefficient (Wildman–Crippen LogP) is 3.37. The molecule has 1 amide bonds. The molecule has 0 unspecified atom stereocenters. The number of benzene rings is 1. The van der Waals surface area contributed by atoms with Crippen molar-refractivity contribution >= 4 is 11.6 Å². The van der Waals surface area contributed by atoms with Crippen LogP contribution in [0.5, 0.6) is 0 Å². The van der Waals surface area contributed by atoms with Gasteiger partial charge in [0.15, 0.2) is 0 Å². The molecule has 15 heavy (non-hydrogen) atoms. The van der Waals surface area contributed by atoms with Crippen molar-refractivity contribution in [2.24, 2.45) is 0 Å². The molecule has 2 nitrogen and oxygen atoms in total. The second-order valence-electron chi connectivity index (χ2n) is 3.38. The fourth-order valence-electron chi connectivity index (χ4n) is 1.39. The quantitative estimate of drug-likeness (QED) is 0.747. The SMILES string of the molecule is CC=C(CCC)C(=O)Nc1ccccc1. The Morgan fingerprint density at radius 2 is 2.00 bits per heavy atom. The van der Waals surface area contributed by atoms with Crippen molar-refractivity contribution < 1.29 is 4.79 Å².